The molecule has 9 aromatic rings. The molecular weight excluding hydrogens is 663 g/mol. The van der Waals surface area contributed by atoms with Crippen molar-refractivity contribution in [1.29, 1.82) is 0 Å². The van der Waals surface area contributed by atoms with Gasteiger partial charge in [0.15, 0.2) is 0 Å². The van der Waals surface area contributed by atoms with Crippen LogP contribution in [0.25, 0.3) is 81.3 Å². The second-order valence-electron chi connectivity index (χ2n) is 16.4. The maximum atomic E-state index is 5.41. The first-order valence-electron chi connectivity index (χ1n) is 18.5. The summed E-state index contributed by atoms with van der Waals surface area (Å²) in [6.07, 6.45) is 4.03. The van der Waals surface area contributed by atoms with Crippen molar-refractivity contribution in [2.45, 2.75) is 59.3 Å². The van der Waals surface area contributed by atoms with Gasteiger partial charge in [-0.15, -0.1) is 11.3 Å². The molecule has 260 valence electrons. The molecule has 4 heterocycles. The molecular formula is C49H43N3S. The van der Waals surface area contributed by atoms with Gasteiger partial charge in [-0.1, -0.05) is 114 Å². The third-order valence-corrected chi connectivity index (χ3v) is 11.9. The lowest BCUT2D eigenvalue weighted by Gasteiger charge is -2.19. The number of nitrogens with zero attached hydrogens (tertiary/aromatic N) is 3. The van der Waals surface area contributed by atoms with Crippen LogP contribution < -0.4 is 0 Å². The van der Waals surface area contributed by atoms with Gasteiger partial charge in [-0.05, 0) is 94.1 Å². The van der Waals surface area contributed by atoms with E-state index < -0.39 is 0 Å². The zero-order valence-corrected chi connectivity index (χ0v) is 32.3. The summed E-state index contributed by atoms with van der Waals surface area (Å²) in [6.45, 7) is 16.0. The summed E-state index contributed by atoms with van der Waals surface area (Å²) in [5.74, 6) is 0. The van der Waals surface area contributed by atoms with E-state index in [0.717, 1.165) is 38.5 Å². The summed E-state index contributed by atoms with van der Waals surface area (Å²) in [7, 11) is 0. The first-order chi connectivity index (χ1) is 25.5. The van der Waals surface area contributed by atoms with E-state index in [9.17, 15) is 0 Å². The van der Waals surface area contributed by atoms with E-state index in [0.29, 0.717) is 0 Å². The van der Waals surface area contributed by atoms with Crippen molar-refractivity contribution in [2.75, 3.05) is 0 Å². The first kappa shape index (κ1) is 33.3. The van der Waals surface area contributed by atoms with Crippen LogP contribution in [0.1, 0.15) is 58.2 Å². The average molecular weight is 706 g/mol. The second-order valence-corrected chi connectivity index (χ2v) is 17.5. The Labute approximate surface area is 315 Å². The molecule has 0 aliphatic carbocycles. The highest BCUT2D eigenvalue weighted by Crippen LogP contribution is 2.44. The summed E-state index contributed by atoms with van der Waals surface area (Å²) in [6, 6.07) is 44.5. The third-order valence-electron chi connectivity index (χ3n) is 10.8. The van der Waals surface area contributed by atoms with Crippen molar-refractivity contribution in [1.82, 2.24) is 14.5 Å². The van der Waals surface area contributed by atoms with Crippen LogP contribution in [0.5, 0.6) is 0 Å². The van der Waals surface area contributed by atoms with E-state index in [4.69, 9.17) is 9.97 Å². The van der Waals surface area contributed by atoms with Gasteiger partial charge in [-0.2, -0.15) is 0 Å². The highest BCUT2D eigenvalue weighted by molar-refractivity contribution is 7.25. The molecule has 9 rings (SSSR count). The lowest BCUT2D eigenvalue weighted by Crippen LogP contribution is -2.10. The fourth-order valence-electron chi connectivity index (χ4n) is 7.82. The Morgan fingerprint density at radius 3 is 1.75 bits per heavy atom. The lowest BCUT2D eigenvalue weighted by atomic mass is 9.85. The number of fused-ring (bicyclic) bond motifs is 6. The van der Waals surface area contributed by atoms with Gasteiger partial charge >= 0.3 is 0 Å². The molecule has 3 nitrogen and oxygen atoms in total. The highest BCUT2D eigenvalue weighted by Gasteiger charge is 2.23. The zero-order chi connectivity index (χ0) is 36.6. The minimum Gasteiger partial charge on any atom is -0.309 e. The van der Waals surface area contributed by atoms with Crippen LogP contribution in [0, 0.1) is 6.92 Å². The second kappa shape index (κ2) is 12.2. The molecule has 0 saturated carbocycles. The van der Waals surface area contributed by atoms with Crippen LogP contribution in [0.15, 0.2) is 134 Å². The van der Waals surface area contributed by atoms with Crippen LogP contribution >= 0.6 is 11.3 Å². The van der Waals surface area contributed by atoms with Gasteiger partial charge in [0, 0.05) is 55.5 Å². The molecule has 0 bridgehead atoms. The van der Waals surface area contributed by atoms with Crippen molar-refractivity contribution in [3.63, 3.8) is 0 Å². The predicted molar refractivity (Wildman–Crippen MR) is 228 cm³/mol. The van der Waals surface area contributed by atoms with Crippen LogP contribution in [-0.2, 0) is 10.8 Å². The summed E-state index contributed by atoms with van der Waals surface area (Å²) < 4.78 is 4.86. The molecule has 0 amide bonds. The van der Waals surface area contributed by atoms with Gasteiger partial charge in [0.05, 0.1) is 27.1 Å². The third kappa shape index (κ3) is 5.64. The molecule has 0 fully saturated rings. The molecule has 5 aromatic carbocycles. The van der Waals surface area contributed by atoms with Crippen molar-refractivity contribution < 1.29 is 0 Å². The Hall–Kier alpha value is -5.58. The van der Waals surface area contributed by atoms with Crippen LogP contribution in [0.3, 0.4) is 0 Å². The number of benzene rings is 5. The number of hydrogen-bond donors (Lipinski definition) is 0. The van der Waals surface area contributed by atoms with Crippen molar-refractivity contribution >= 4 is 53.3 Å². The summed E-state index contributed by atoms with van der Waals surface area (Å²) in [5.41, 5.74) is 14.0. The number of pyridine rings is 2. The van der Waals surface area contributed by atoms with Crippen LogP contribution in [0.2, 0.25) is 0 Å². The molecule has 0 atom stereocenters. The van der Waals surface area contributed by atoms with Gasteiger partial charge < -0.3 is 4.57 Å². The first-order valence-corrected chi connectivity index (χ1v) is 19.3. The van der Waals surface area contributed by atoms with Gasteiger partial charge in [0.2, 0.25) is 0 Å². The van der Waals surface area contributed by atoms with E-state index in [1.165, 1.54) is 59.5 Å². The Bertz CT molecular complexity index is 2770. The van der Waals surface area contributed by atoms with E-state index in [1.54, 1.807) is 11.3 Å². The van der Waals surface area contributed by atoms with Gasteiger partial charge in [0.1, 0.15) is 0 Å². The summed E-state index contributed by atoms with van der Waals surface area (Å²) in [4.78, 5) is 10.2. The molecule has 53 heavy (non-hydrogen) atoms. The van der Waals surface area contributed by atoms with E-state index in [-0.39, 0.29) is 10.8 Å². The van der Waals surface area contributed by atoms with E-state index >= 15 is 0 Å². The summed E-state index contributed by atoms with van der Waals surface area (Å²) >= 11 is 1.80. The Morgan fingerprint density at radius 1 is 0.547 bits per heavy atom. The lowest BCUT2D eigenvalue weighted by molar-refractivity contribution is 0.590. The maximum absolute atomic E-state index is 5.41. The molecule has 0 unspecified atom stereocenters. The topological polar surface area (TPSA) is 30.7 Å². The minimum absolute atomic E-state index is 0.0492. The number of thiophene rings is 1. The Kier molecular flexibility index (Phi) is 7.69. The number of rotatable bonds is 4. The fraction of sp³-hybridized carbons (Fsp3) is 0.184. The van der Waals surface area contributed by atoms with Gasteiger partial charge in [-0.25, -0.2) is 4.98 Å². The predicted octanol–water partition coefficient (Wildman–Crippen LogP) is 13.8. The molecule has 4 heteroatoms. The highest BCUT2D eigenvalue weighted by atomic mass is 32.1. The average Bonchev–Trinajstić information content (AvgIpc) is 3.69. The van der Waals surface area contributed by atoms with Gasteiger partial charge in [0.25, 0.3) is 0 Å². The van der Waals surface area contributed by atoms with E-state index in [2.05, 4.69) is 174 Å². The monoisotopic (exact) mass is 705 g/mol. The molecule has 0 radical (unpaired) electrons. The van der Waals surface area contributed by atoms with Crippen molar-refractivity contribution in [2.24, 2.45) is 0 Å². The molecule has 0 saturated heterocycles. The normalized spacial score (nSPS) is 12.4. The zero-order valence-electron chi connectivity index (χ0n) is 31.5. The number of hydrogen-bond acceptors (Lipinski definition) is 3. The molecule has 0 N–H and O–H groups in total. The molecule has 0 spiro atoms. The van der Waals surface area contributed by atoms with Gasteiger partial charge in [-0.3, -0.25) is 4.98 Å². The number of aromatic nitrogens is 3. The Morgan fingerprint density at radius 2 is 1.15 bits per heavy atom. The maximum Gasteiger partial charge on any atom is 0.0767 e. The Balaban J connectivity index is 1.31. The van der Waals surface area contributed by atoms with Crippen molar-refractivity contribution in [3.05, 3.63) is 150 Å². The molecule has 0 aliphatic rings. The minimum atomic E-state index is 0.0492. The molecule has 0 aliphatic heterocycles. The quantitative estimate of drug-likeness (QED) is 0.182. The smallest absolute Gasteiger partial charge is 0.0767 e. The van der Waals surface area contributed by atoms with Crippen molar-refractivity contribution in [3.8, 4) is 39.3 Å². The largest absolute Gasteiger partial charge is 0.309 e. The van der Waals surface area contributed by atoms with Crippen LogP contribution in [0.4, 0.5) is 0 Å². The van der Waals surface area contributed by atoms with E-state index in [1.807, 2.05) is 12.4 Å². The standard InChI is InChI=1S/C49H43N3S/c1-30-36(31-14-10-8-11-15-31)27-41(32-16-12-9-13-17-32)51-47(30)40-28-50-29-45-46(40)39-26-35(20-23-44(39)53-45)52-42-21-18-33(48(2,3)4)24-37(42)38-25-34(49(5,6)7)19-22-43(38)52/h8-29H,1-7H3. The van der Waals surface area contributed by atoms with Crippen LogP contribution in [-0.4, -0.2) is 14.5 Å². The molecule has 4 aromatic heterocycles. The SMILES string of the molecule is Cc1c(-c2ccccc2)cc(-c2ccccc2)nc1-c1cncc2sc3ccc(-n4c5ccc(C(C)(C)C)cc5c5cc(C(C)(C)C)ccc54)cc3c12. The summed E-state index contributed by atoms with van der Waals surface area (Å²) in [5, 5.41) is 5.02. The fourth-order valence-corrected chi connectivity index (χ4v) is 8.90.